The largest absolute Gasteiger partial charge is 0.416 e. The Hall–Kier alpha value is -3.96. The van der Waals surface area contributed by atoms with Crippen LogP contribution in [0.25, 0.3) is 33.2 Å². The number of hydrogen-bond donors (Lipinski definition) is 0. The van der Waals surface area contributed by atoms with Crippen molar-refractivity contribution in [2.75, 3.05) is 26.2 Å². The summed E-state index contributed by atoms with van der Waals surface area (Å²) in [5.74, 6) is 0. The van der Waals surface area contributed by atoms with Crippen molar-refractivity contribution in [3.05, 3.63) is 132 Å². The zero-order chi connectivity index (χ0) is 32.1. The van der Waals surface area contributed by atoms with Gasteiger partial charge in [-0.15, -0.1) is 24.8 Å². The Labute approximate surface area is 286 Å². The van der Waals surface area contributed by atoms with Crippen molar-refractivity contribution in [3.8, 4) is 11.4 Å². The molecule has 4 nitrogen and oxygen atoms in total. The van der Waals surface area contributed by atoms with E-state index in [2.05, 4.69) is 9.80 Å². The minimum atomic E-state index is -4.42. The van der Waals surface area contributed by atoms with Crippen molar-refractivity contribution in [2.24, 2.45) is 0 Å². The molecule has 12 heteroatoms. The van der Waals surface area contributed by atoms with E-state index in [0.717, 1.165) is 71.2 Å². The van der Waals surface area contributed by atoms with Gasteiger partial charge in [-0.1, -0.05) is 48.5 Å². The Kier molecular flexibility index (Phi) is 10.2. The summed E-state index contributed by atoms with van der Waals surface area (Å²) in [6.45, 7) is 4.53. The quantitative estimate of drug-likeness (QED) is 0.161. The van der Waals surface area contributed by atoms with Crippen molar-refractivity contribution in [2.45, 2.75) is 25.4 Å². The molecule has 1 fully saturated rings. The fourth-order valence-corrected chi connectivity index (χ4v) is 6.43. The van der Waals surface area contributed by atoms with Gasteiger partial charge in [-0.3, -0.25) is 9.80 Å². The van der Waals surface area contributed by atoms with E-state index in [-0.39, 0.29) is 24.8 Å². The maximum absolute atomic E-state index is 13.4. The molecule has 48 heavy (non-hydrogen) atoms. The monoisotopic (exact) mass is 704 g/mol. The number of fused-ring (bicyclic) bond motifs is 2. The molecule has 7 rings (SSSR count). The zero-order valence-electron chi connectivity index (χ0n) is 25.5. The molecule has 1 aliphatic heterocycles. The van der Waals surface area contributed by atoms with Crippen LogP contribution in [0, 0.1) is 0 Å². The summed E-state index contributed by atoms with van der Waals surface area (Å²) in [6, 6.07) is 26.3. The predicted molar refractivity (Wildman–Crippen MR) is 182 cm³/mol. The third kappa shape index (κ3) is 7.08. The molecule has 3 heterocycles. The molecule has 1 saturated heterocycles. The lowest BCUT2D eigenvalue weighted by Crippen LogP contribution is -2.45. The van der Waals surface area contributed by atoms with Gasteiger partial charge in [-0.05, 0) is 59.7 Å². The maximum Gasteiger partial charge on any atom is 0.416 e. The van der Waals surface area contributed by atoms with E-state index in [4.69, 9.17) is 0 Å². The fourth-order valence-electron chi connectivity index (χ4n) is 6.43. The SMILES string of the molecule is Cl.Cl.FC(F)(F)c1cccc(-n2cc(CN3CCN(Cc4cn(-c5cccc(C(F)(F)F)c5)c5ccccc45)CC3)c3ccccc32)c1. The lowest BCUT2D eigenvalue weighted by Gasteiger charge is -2.34. The number of alkyl halides is 6. The summed E-state index contributed by atoms with van der Waals surface area (Å²) in [4.78, 5) is 4.70. The van der Waals surface area contributed by atoms with Crippen molar-refractivity contribution < 1.29 is 26.3 Å². The molecular formula is C36H32Cl2F6N4. The van der Waals surface area contributed by atoms with E-state index >= 15 is 0 Å². The van der Waals surface area contributed by atoms with Gasteiger partial charge in [-0.2, -0.15) is 26.3 Å². The molecule has 4 aromatic carbocycles. The molecule has 1 aliphatic rings. The second-order valence-electron chi connectivity index (χ2n) is 11.7. The second-order valence-corrected chi connectivity index (χ2v) is 11.7. The van der Waals surface area contributed by atoms with E-state index in [1.165, 1.54) is 24.3 Å². The standard InChI is InChI=1S/C36H30F6N4.2ClH/c37-35(38,39)27-7-5-9-29(19-27)45-23-25(31-11-1-3-13-33(31)45)21-43-15-17-44(18-16-43)22-26-24-46(34-14-4-2-12-32(26)34)30-10-6-8-28(20-30)36(40,41)42;;/h1-14,19-20,23-24H,15-18,21-22H2;2*1H. The van der Waals surface area contributed by atoms with E-state index in [9.17, 15) is 26.3 Å². The Morgan fingerprint density at radius 3 is 1.23 bits per heavy atom. The summed E-state index contributed by atoms with van der Waals surface area (Å²) in [6.07, 6.45) is -4.96. The number of benzene rings is 4. The maximum atomic E-state index is 13.4. The molecule has 0 N–H and O–H groups in total. The molecule has 2 aromatic heterocycles. The molecule has 0 saturated carbocycles. The van der Waals surface area contributed by atoms with Crippen LogP contribution in [0.15, 0.2) is 109 Å². The highest BCUT2D eigenvalue weighted by atomic mass is 35.5. The molecule has 0 atom stereocenters. The van der Waals surface area contributed by atoms with Crippen LogP contribution in [0.3, 0.4) is 0 Å². The van der Waals surface area contributed by atoms with Gasteiger partial charge in [0.25, 0.3) is 0 Å². The van der Waals surface area contributed by atoms with Crippen LogP contribution in [-0.4, -0.2) is 45.1 Å². The number of para-hydroxylation sites is 2. The lowest BCUT2D eigenvalue weighted by atomic mass is 10.1. The third-order valence-electron chi connectivity index (χ3n) is 8.75. The Morgan fingerprint density at radius 2 is 0.854 bits per heavy atom. The third-order valence-corrected chi connectivity index (χ3v) is 8.75. The highest BCUT2D eigenvalue weighted by molar-refractivity contribution is 5.87. The molecule has 0 amide bonds. The average Bonchev–Trinajstić information content (AvgIpc) is 3.60. The minimum absolute atomic E-state index is 0. The molecule has 0 spiro atoms. The first-order valence-electron chi connectivity index (χ1n) is 15.0. The molecule has 0 aliphatic carbocycles. The van der Waals surface area contributed by atoms with Gasteiger partial charge in [0.2, 0.25) is 0 Å². The Morgan fingerprint density at radius 1 is 0.479 bits per heavy atom. The van der Waals surface area contributed by atoms with E-state index in [1.54, 1.807) is 12.1 Å². The summed E-state index contributed by atoms with van der Waals surface area (Å²) in [7, 11) is 0. The first-order chi connectivity index (χ1) is 22.0. The minimum Gasteiger partial charge on any atom is -0.316 e. The molecule has 6 aromatic rings. The first-order valence-corrected chi connectivity index (χ1v) is 15.0. The normalized spacial score (nSPS) is 14.6. The topological polar surface area (TPSA) is 16.3 Å². The van der Waals surface area contributed by atoms with Crippen LogP contribution < -0.4 is 0 Å². The van der Waals surface area contributed by atoms with Crippen molar-refractivity contribution in [1.29, 1.82) is 0 Å². The van der Waals surface area contributed by atoms with Gasteiger partial charge in [0.05, 0.1) is 22.2 Å². The van der Waals surface area contributed by atoms with Gasteiger partial charge in [0.1, 0.15) is 0 Å². The van der Waals surface area contributed by atoms with E-state index in [1.807, 2.05) is 70.1 Å². The zero-order valence-corrected chi connectivity index (χ0v) is 27.1. The molecule has 0 unspecified atom stereocenters. The van der Waals surface area contributed by atoms with Gasteiger partial charge in [0, 0.05) is 73.8 Å². The number of rotatable bonds is 6. The highest BCUT2D eigenvalue weighted by Crippen LogP contribution is 2.34. The van der Waals surface area contributed by atoms with Crippen molar-refractivity contribution in [1.82, 2.24) is 18.9 Å². The van der Waals surface area contributed by atoms with Crippen molar-refractivity contribution >= 4 is 46.6 Å². The van der Waals surface area contributed by atoms with Gasteiger partial charge in [-0.25, -0.2) is 0 Å². The Bertz CT molecular complexity index is 1880. The second kappa shape index (κ2) is 13.9. The van der Waals surface area contributed by atoms with Crippen LogP contribution in [0.5, 0.6) is 0 Å². The van der Waals surface area contributed by atoms with E-state index in [0.29, 0.717) is 24.5 Å². The van der Waals surface area contributed by atoms with Crippen LogP contribution in [-0.2, 0) is 25.4 Å². The predicted octanol–water partition coefficient (Wildman–Crippen LogP) is 9.77. The average molecular weight is 706 g/mol. The smallest absolute Gasteiger partial charge is 0.316 e. The number of piperazine rings is 1. The van der Waals surface area contributed by atoms with Crippen LogP contribution >= 0.6 is 24.8 Å². The molecule has 252 valence electrons. The molecular weight excluding hydrogens is 673 g/mol. The number of aromatic nitrogens is 2. The van der Waals surface area contributed by atoms with Crippen LogP contribution in [0.2, 0.25) is 0 Å². The molecule has 0 radical (unpaired) electrons. The highest BCUT2D eigenvalue weighted by Gasteiger charge is 2.32. The summed E-state index contributed by atoms with van der Waals surface area (Å²) in [5.41, 5.74) is 3.37. The molecule has 0 bridgehead atoms. The van der Waals surface area contributed by atoms with Crippen LogP contribution in [0.1, 0.15) is 22.3 Å². The first kappa shape index (κ1) is 35.3. The van der Waals surface area contributed by atoms with Crippen LogP contribution in [0.4, 0.5) is 26.3 Å². The fraction of sp³-hybridized carbons (Fsp3) is 0.222. The van der Waals surface area contributed by atoms with Crippen molar-refractivity contribution in [3.63, 3.8) is 0 Å². The van der Waals surface area contributed by atoms with E-state index < -0.39 is 23.5 Å². The van der Waals surface area contributed by atoms with Gasteiger partial charge >= 0.3 is 12.4 Å². The number of hydrogen-bond acceptors (Lipinski definition) is 2. The number of nitrogens with zero attached hydrogens (tertiary/aromatic N) is 4. The Balaban J connectivity index is 0.00000225. The summed E-state index contributed by atoms with van der Waals surface area (Å²) < 4.78 is 84.3. The van der Waals surface area contributed by atoms with Gasteiger partial charge < -0.3 is 9.13 Å². The summed E-state index contributed by atoms with van der Waals surface area (Å²) >= 11 is 0. The lowest BCUT2D eigenvalue weighted by molar-refractivity contribution is -0.138. The van der Waals surface area contributed by atoms with Gasteiger partial charge in [0.15, 0.2) is 0 Å². The number of halogens is 8. The summed E-state index contributed by atoms with van der Waals surface area (Å²) in [5, 5.41) is 2.01.